The molecule has 3 rings (SSSR count). The molecule has 0 radical (unpaired) electrons. The summed E-state index contributed by atoms with van der Waals surface area (Å²) in [5, 5.41) is 10.8. The van der Waals surface area contributed by atoms with E-state index in [1.807, 2.05) is 19.2 Å². The average Bonchev–Trinajstić information content (AvgIpc) is 2.97. The van der Waals surface area contributed by atoms with E-state index in [1.165, 1.54) is 5.56 Å². The van der Waals surface area contributed by atoms with Gasteiger partial charge >= 0.3 is 0 Å². The van der Waals surface area contributed by atoms with Gasteiger partial charge in [0.25, 0.3) is 0 Å². The fourth-order valence-corrected chi connectivity index (χ4v) is 2.72. The first kappa shape index (κ1) is 13.1. The number of aryl methyl sites for hydroxylation is 1. The number of hydrogen-bond donors (Lipinski definition) is 2. The third-order valence-corrected chi connectivity index (χ3v) is 4.06. The maximum Gasteiger partial charge on any atom is 0.245 e. The lowest BCUT2D eigenvalue weighted by Gasteiger charge is -2.30. The van der Waals surface area contributed by atoms with Gasteiger partial charge in [-0.2, -0.15) is 4.98 Å². The van der Waals surface area contributed by atoms with Crippen LogP contribution in [0.15, 0.2) is 24.3 Å². The number of benzene rings is 1. The van der Waals surface area contributed by atoms with Crippen LogP contribution < -0.4 is 10.2 Å². The van der Waals surface area contributed by atoms with Crippen LogP contribution in [0.25, 0.3) is 11.4 Å². The minimum atomic E-state index is 0.626. The van der Waals surface area contributed by atoms with Gasteiger partial charge in [0, 0.05) is 24.7 Å². The number of aromatic nitrogens is 3. The van der Waals surface area contributed by atoms with Crippen molar-refractivity contribution in [3.8, 4) is 11.4 Å². The summed E-state index contributed by atoms with van der Waals surface area (Å²) in [7, 11) is 2.03. The van der Waals surface area contributed by atoms with Crippen LogP contribution in [0.5, 0.6) is 0 Å². The lowest BCUT2D eigenvalue weighted by atomic mass is 10.1. The number of anilines is 1. The highest BCUT2D eigenvalue weighted by atomic mass is 15.4. The van der Waals surface area contributed by atoms with E-state index < -0.39 is 0 Å². The van der Waals surface area contributed by atoms with Crippen molar-refractivity contribution in [2.24, 2.45) is 0 Å². The number of piperidine rings is 1. The first-order valence-electron chi connectivity index (χ1n) is 7.18. The maximum atomic E-state index is 4.65. The summed E-state index contributed by atoms with van der Waals surface area (Å²) in [6.07, 6.45) is 2.29. The van der Waals surface area contributed by atoms with Crippen LogP contribution in [0.1, 0.15) is 18.4 Å². The van der Waals surface area contributed by atoms with E-state index in [2.05, 4.69) is 44.5 Å². The Morgan fingerprint density at radius 1 is 1.25 bits per heavy atom. The van der Waals surface area contributed by atoms with Crippen LogP contribution in [0, 0.1) is 6.92 Å². The molecule has 2 heterocycles. The number of rotatable bonds is 3. The normalized spacial score (nSPS) is 16.6. The van der Waals surface area contributed by atoms with Crippen LogP contribution >= 0.6 is 0 Å². The zero-order valence-corrected chi connectivity index (χ0v) is 12.1. The highest BCUT2D eigenvalue weighted by Gasteiger charge is 2.21. The third-order valence-electron chi connectivity index (χ3n) is 4.06. The summed E-state index contributed by atoms with van der Waals surface area (Å²) in [5.74, 6) is 1.67. The van der Waals surface area contributed by atoms with E-state index in [-0.39, 0.29) is 0 Å². The second-order valence-electron chi connectivity index (χ2n) is 5.35. The Bertz CT molecular complexity index is 569. The lowest BCUT2D eigenvalue weighted by molar-refractivity contribution is 0.439. The summed E-state index contributed by atoms with van der Waals surface area (Å²) in [6, 6.07) is 8.87. The average molecular weight is 271 g/mol. The standard InChI is InChI=1S/C15H21N5/c1-11-5-3-4-6-13(11)14-17-15(19-18-14)20-9-7-12(16-2)8-10-20/h3-6,12,16H,7-10H2,1-2H3,(H,17,18,19). The molecular weight excluding hydrogens is 250 g/mol. The molecule has 106 valence electrons. The van der Waals surface area contributed by atoms with Crippen LogP contribution in [0.3, 0.4) is 0 Å². The highest BCUT2D eigenvalue weighted by molar-refractivity contribution is 5.60. The smallest absolute Gasteiger partial charge is 0.245 e. The lowest BCUT2D eigenvalue weighted by Crippen LogP contribution is -2.41. The SMILES string of the molecule is CNC1CCN(c2n[nH]c(-c3ccccc3C)n2)CC1. The molecule has 0 atom stereocenters. The summed E-state index contributed by atoms with van der Waals surface area (Å²) in [4.78, 5) is 6.91. The second kappa shape index (κ2) is 5.63. The van der Waals surface area contributed by atoms with E-state index in [0.29, 0.717) is 6.04 Å². The summed E-state index contributed by atoms with van der Waals surface area (Å²) < 4.78 is 0. The molecule has 5 heteroatoms. The van der Waals surface area contributed by atoms with Gasteiger partial charge in [0.2, 0.25) is 5.95 Å². The predicted octanol–water partition coefficient (Wildman–Crippen LogP) is 1.97. The van der Waals surface area contributed by atoms with Crippen molar-refractivity contribution >= 4 is 5.95 Å². The molecule has 1 saturated heterocycles. The van der Waals surface area contributed by atoms with Crippen LogP contribution in [0.2, 0.25) is 0 Å². The van der Waals surface area contributed by atoms with Gasteiger partial charge in [0.1, 0.15) is 0 Å². The molecule has 0 spiro atoms. The fourth-order valence-electron chi connectivity index (χ4n) is 2.72. The molecule has 0 aliphatic carbocycles. The van der Waals surface area contributed by atoms with Gasteiger partial charge in [-0.25, -0.2) is 0 Å². The van der Waals surface area contributed by atoms with Crippen LogP contribution in [-0.2, 0) is 0 Å². The molecule has 1 aromatic carbocycles. The first-order valence-corrected chi connectivity index (χ1v) is 7.18. The van der Waals surface area contributed by atoms with Gasteiger partial charge < -0.3 is 10.2 Å². The van der Waals surface area contributed by atoms with Crippen molar-refractivity contribution in [1.29, 1.82) is 0 Å². The summed E-state index contributed by atoms with van der Waals surface area (Å²) in [5.41, 5.74) is 2.33. The molecule has 5 nitrogen and oxygen atoms in total. The van der Waals surface area contributed by atoms with E-state index in [9.17, 15) is 0 Å². The van der Waals surface area contributed by atoms with Gasteiger partial charge in [0.05, 0.1) is 0 Å². The number of nitrogens with one attached hydrogen (secondary N) is 2. The Morgan fingerprint density at radius 3 is 2.70 bits per heavy atom. The van der Waals surface area contributed by atoms with Crippen molar-refractivity contribution in [2.75, 3.05) is 25.0 Å². The van der Waals surface area contributed by atoms with Gasteiger partial charge in [-0.15, -0.1) is 5.10 Å². The largest absolute Gasteiger partial charge is 0.339 e. The number of aromatic amines is 1. The number of hydrogen-bond acceptors (Lipinski definition) is 4. The zero-order chi connectivity index (χ0) is 13.9. The Morgan fingerprint density at radius 2 is 2.00 bits per heavy atom. The first-order chi connectivity index (χ1) is 9.78. The molecule has 1 aliphatic rings. The fraction of sp³-hybridized carbons (Fsp3) is 0.467. The zero-order valence-electron chi connectivity index (χ0n) is 12.1. The second-order valence-corrected chi connectivity index (χ2v) is 5.35. The van der Waals surface area contributed by atoms with Crippen molar-refractivity contribution in [3.63, 3.8) is 0 Å². The number of nitrogens with zero attached hydrogens (tertiary/aromatic N) is 3. The van der Waals surface area contributed by atoms with Gasteiger partial charge in [0.15, 0.2) is 5.82 Å². The van der Waals surface area contributed by atoms with E-state index >= 15 is 0 Å². The maximum absolute atomic E-state index is 4.65. The molecule has 1 aliphatic heterocycles. The molecule has 2 N–H and O–H groups in total. The molecule has 0 amide bonds. The Hall–Kier alpha value is -1.88. The molecule has 2 aromatic rings. The Labute approximate surface area is 119 Å². The van der Waals surface area contributed by atoms with E-state index in [0.717, 1.165) is 43.3 Å². The van der Waals surface area contributed by atoms with Crippen molar-refractivity contribution in [3.05, 3.63) is 29.8 Å². The highest BCUT2D eigenvalue weighted by Crippen LogP contribution is 2.22. The van der Waals surface area contributed by atoms with E-state index in [4.69, 9.17) is 0 Å². The molecule has 1 aromatic heterocycles. The molecule has 20 heavy (non-hydrogen) atoms. The molecular formula is C15H21N5. The Kier molecular flexibility index (Phi) is 3.69. The summed E-state index contributed by atoms with van der Waals surface area (Å²) >= 11 is 0. The molecule has 0 saturated carbocycles. The Balaban J connectivity index is 1.76. The predicted molar refractivity (Wildman–Crippen MR) is 80.9 cm³/mol. The number of H-pyrrole nitrogens is 1. The van der Waals surface area contributed by atoms with Crippen LogP contribution in [0.4, 0.5) is 5.95 Å². The van der Waals surface area contributed by atoms with Crippen molar-refractivity contribution in [1.82, 2.24) is 20.5 Å². The van der Waals surface area contributed by atoms with E-state index in [1.54, 1.807) is 0 Å². The molecule has 0 bridgehead atoms. The van der Waals surface area contributed by atoms with Gasteiger partial charge in [-0.05, 0) is 32.4 Å². The minimum absolute atomic E-state index is 0.626. The quantitative estimate of drug-likeness (QED) is 0.896. The molecule has 1 fully saturated rings. The van der Waals surface area contributed by atoms with Crippen molar-refractivity contribution in [2.45, 2.75) is 25.8 Å². The minimum Gasteiger partial charge on any atom is -0.339 e. The van der Waals surface area contributed by atoms with Crippen molar-refractivity contribution < 1.29 is 0 Å². The topological polar surface area (TPSA) is 56.8 Å². The van der Waals surface area contributed by atoms with Gasteiger partial charge in [-0.1, -0.05) is 24.3 Å². The summed E-state index contributed by atoms with van der Waals surface area (Å²) in [6.45, 7) is 4.11. The van der Waals surface area contributed by atoms with Crippen LogP contribution in [-0.4, -0.2) is 41.4 Å². The molecule has 0 unspecified atom stereocenters. The third kappa shape index (κ3) is 2.54. The monoisotopic (exact) mass is 271 g/mol. The van der Waals surface area contributed by atoms with Gasteiger partial charge in [-0.3, -0.25) is 5.10 Å².